The van der Waals surface area contributed by atoms with Crippen molar-refractivity contribution < 1.29 is 27.6 Å². The predicted molar refractivity (Wildman–Crippen MR) is 152 cm³/mol. The molecule has 0 radical (unpaired) electrons. The Hall–Kier alpha value is -4.22. The normalized spacial score (nSPS) is 20.6. The minimum absolute atomic E-state index is 0.0351. The average molecular weight is 597 g/mol. The number of aryl methyl sites for hydroxylation is 1. The van der Waals surface area contributed by atoms with Crippen LogP contribution in [-0.4, -0.2) is 68.0 Å². The van der Waals surface area contributed by atoms with Gasteiger partial charge in [0, 0.05) is 26.1 Å². The first-order valence-electron chi connectivity index (χ1n) is 14.6. The first-order valence-corrected chi connectivity index (χ1v) is 14.6. The monoisotopic (exact) mass is 596 g/mol. The molecular formula is C31H35F3N6O3. The van der Waals surface area contributed by atoms with Crippen LogP contribution in [0.25, 0.3) is 0 Å². The van der Waals surface area contributed by atoms with Crippen LogP contribution in [0.4, 0.5) is 13.2 Å². The van der Waals surface area contributed by atoms with Crippen LogP contribution in [-0.2, 0) is 28.7 Å². The molecule has 0 spiro atoms. The number of amides is 3. The summed E-state index contributed by atoms with van der Waals surface area (Å²) in [6, 6.07) is 13.1. The Balaban J connectivity index is 1.52. The molecule has 0 unspecified atom stereocenters. The third-order valence-electron chi connectivity index (χ3n) is 7.99. The molecule has 3 aromatic rings. The molecule has 12 heteroatoms. The first kappa shape index (κ1) is 30.2. The summed E-state index contributed by atoms with van der Waals surface area (Å²) in [5.74, 6) is -0.293. The number of nitrogens with one attached hydrogen (secondary N) is 1. The molecule has 1 fully saturated rings. The highest BCUT2D eigenvalue weighted by Gasteiger charge is 2.37. The summed E-state index contributed by atoms with van der Waals surface area (Å²) in [4.78, 5) is 48.2. The Morgan fingerprint density at radius 1 is 0.953 bits per heavy atom. The molecule has 2 atom stereocenters. The lowest BCUT2D eigenvalue weighted by molar-refractivity contribution is -0.142. The molecule has 3 amide bonds. The fraction of sp³-hybridized carbons (Fsp3) is 0.452. The fourth-order valence-electron chi connectivity index (χ4n) is 5.90. The van der Waals surface area contributed by atoms with Gasteiger partial charge in [0.05, 0.1) is 23.7 Å². The summed E-state index contributed by atoms with van der Waals surface area (Å²) < 4.78 is 43.0. The number of carbonyl (C=O) groups excluding carboxylic acids is 3. The van der Waals surface area contributed by atoms with Gasteiger partial charge >= 0.3 is 6.18 Å². The number of carbonyl (C=O) groups is 3. The topological polar surface area (TPSA) is 100 Å². The second-order valence-electron chi connectivity index (χ2n) is 11.0. The molecular weight excluding hydrogens is 561 g/mol. The maximum atomic E-state index is 13.8. The van der Waals surface area contributed by atoms with Crippen LogP contribution in [0.2, 0.25) is 0 Å². The van der Waals surface area contributed by atoms with Gasteiger partial charge in [-0.25, -0.2) is 9.67 Å². The van der Waals surface area contributed by atoms with E-state index in [1.54, 1.807) is 16.5 Å². The molecule has 1 saturated heterocycles. The number of alkyl halides is 3. The van der Waals surface area contributed by atoms with Crippen LogP contribution >= 0.6 is 0 Å². The van der Waals surface area contributed by atoms with Gasteiger partial charge in [0.25, 0.3) is 5.91 Å². The number of hydrogen-bond acceptors (Lipinski definition) is 5. The third kappa shape index (κ3) is 7.06. The zero-order valence-electron chi connectivity index (χ0n) is 24.0. The van der Waals surface area contributed by atoms with Crippen LogP contribution in [0, 0.1) is 6.92 Å². The van der Waals surface area contributed by atoms with Crippen LogP contribution in [0.3, 0.4) is 0 Å². The summed E-state index contributed by atoms with van der Waals surface area (Å²) >= 11 is 0. The highest BCUT2D eigenvalue weighted by Crippen LogP contribution is 2.32. The average Bonchev–Trinajstić information content (AvgIpc) is 3.37. The van der Waals surface area contributed by atoms with Crippen molar-refractivity contribution in [3.8, 4) is 0 Å². The van der Waals surface area contributed by atoms with Crippen molar-refractivity contribution >= 4 is 17.7 Å². The Bertz CT molecular complexity index is 1460. The Kier molecular flexibility index (Phi) is 9.12. The molecule has 1 N–H and O–H groups in total. The molecule has 43 heavy (non-hydrogen) atoms. The summed E-state index contributed by atoms with van der Waals surface area (Å²) in [6.45, 7) is 2.41. The van der Waals surface area contributed by atoms with E-state index in [-0.39, 0.29) is 44.3 Å². The molecule has 2 aliphatic rings. The third-order valence-corrected chi connectivity index (χ3v) is 7.99. The van der Waals surface area contributed by atoms with Crippen molar-refractivity contribution in [2.75, 3.05) is 19.6 Å². The number of halogens is 3. The van der Waals surface area contributed by atoms with Crippen LogP contribution in [0.5, 0.6) is 0 Å². The van der Waals surface area contributed by atoms with Crippen molar-refractivity contribution in [1.82, 2.24) is 29.9 Å². The second-order valence-corrected chi connectivity index (χ2v) is 11.0. The lowest BCUT2D eigenvalue weighted by atomic mass is 9.99. The van der Waals surface area contributed by atoms with E-state index in [1.807, 2.05) is 30.3 Å². The van der Waals surface area contributed by atoms with Gasteiger partial charge in [-0.2, -0.15) is 18.3 Å². The molecule has 2 aliphatic heterocycles. The van der Waals surface area contributed by atoms with Crippen LogP contribution in [0.15, 0.2) is 54.6 Å². The highest BCUT2D eigenvalue weighted by molar-refractivity contribution is 5.96. The Morgan fingerprint density at radius 3 is 2.47 bits per heavy atom. The van der Waals surface area contributed by atoms with E-state index in [1.165, 1.54) is 23.1 Å². The molecule has 228 valence electrons. The van der Waals surface area contributed by atoms with Crippen LogP contribution in [0.1, 0.15) is 71.3 Å². The Morgan fingerprint density at radius 2 is 1.70 bits per heavy atom. The molecule has 5 rings (SSSR count). The summed E-state index contributed by atoms with van der Waals surface area (Å²) in [5, 5.41) is 7.66. The molecule has 0 bridgehead atoms. The quantitative estimate of drug-likeness (QED) is 0.486. The van der Waals surface area contributed by atoms with Crippen LogP contribution < -0.4 is 5.32 Å². The van der Waals surface area contributed by atoms with Crippen molar-refractivity contribution in [3.63, 3.8) is 0 Å². The zero-order valence-corrected chi connectivity index (χ0v) is 24.0. The standard InChI is InChI=1S/C31H35F3N6O3/c1-21-35-28-25(20-22-10-3-2-4-11-22)36-29(42)26-14-7-8-17-39(26)27(41)15-9-16-38(18-19-40(28)37-21)30(43)23-12-5-6-13-24(23)31(32,33)34/h2-6,10-13,25-26H,7-9,14-20H2,1H3,(H,36,42)/t25-,26+/m1/s1. The van der Waals surface area contributed by atoms with E-state index in [2.05, 4.69) is 15.4 Å². The SMILES string of the molecule is Cc1nc2n(n1)CCN(C(=O)c1ccccc1C(F)(F)F)CCCC(=O)N1CCCC[C@H]1C(=O)N[C@@H]2Cc1ccccc1. The molecule has 0 aliphatic carbocycles. The Labute approximate surface area is 248 Å². The van der Waals surface area contributed by atoms with E-state index >= 15 is 0 Å². The smallest absolute Gasteiger partial charge is 0.344 e. The number of rotatable bonds is 3. The maximum Gasteiger partial charge on any atom is 0.417 e. The molecule has 1 aromatic heterocycles. The molecule has 9 nitrogen and oxygen atoms in total. The fourth-order valence-corrected chi connectivity index (χ4v) is 5.90. The van der Waals surface area contributed by atoms with Gasteiger partial charge in [-0.3, -0.25) is 14.4 Å². The number of fused-ring (bicyclic) bond motifs is 2. The minimum atomic E-state index is -4.70. The van der Waals surface area contributed by atoms with E-state index in [4.69, 9.17) is 0 Å². The zero-order chi connectivity index (χ0) is 30.6. The first-order chi connectivity index (χ1) is 20.6. The van der Waals surface area contributed by atoms with E-state index in [0.717, 1.165) is 24.5 Å². The van der Waals surface area contributed by atoms with Crippen molar-refractivity contribution in [3.05, 3.63) is 82.9 Å². The van der Waals surface area contributed by atoms with Gasteiger partial charge in [-0.15, -0.1) is 0 Å². The largest absolute Gasteiger partial charge is 0.417 e. The number of benzene rings is 2. The van der Waals surface area contributed by atoms with Gasteiger partial charge in [0.15, 0.2) is 0 Å². The summed E-state index contributed by atoms with van der Waals surface area (Å²) in [7, 11) is 0. The molecule has 0 saturated carbocycles. The lowest BCUT2D eigenvalue weighted by Crippen LogP contribution is -2.53. The number of hydrogen-bond donors (Lipinski definition) is 1. The summed E-state index contributed by atoms with van der Waals surface area (Å²) in [6.07, 6.45) is -1.88. The minimum Gasteiger partial charge on any atom is -0.344 e. The van der Waals surface area contributed by atoms with E-state index in [9.17, 15) is 27.6 Å². The molecule has 2 aromatic carbocycles. The number of nitrogens with zero attached hydrogens (tertiary/aromatic N) is 5. The second kappa shape index (κ2) is 13.0. The van der Waals surface area contributed by atoms with Gasteiger partial charge in [0.1, 0.15) is 17.7 Å². The maximum absolute atomic E-state index is 13.8. The molecule has 3 heterocycles. The van der Waals surface area contributed by atoms with Crippen molar-refractivity contribution in [2.24, 2.45) is 0 Å². The van der Waals surface area contributed by atoms with Gasteiger partial charge in [0.2, 0.25) is 11.8 Å². The number of piperidine rings is 1. The van der Waals surface area contributed by atoms with Crippen molar-refractivity contribution in [1.29, 1.82) is 0 Å². The van der Waals surface area contributed by atoms with Crippen molar-refractivity contribution in [2.45, 2.75) is 70.3 Å². The van der Waals surface area contributed by atoms with Gasteiger partial charge in [-0.05, 0) is 56.7 Å². The van der Waals surface area contributed by atoms with Gasteiger partial charge < -0.3 is 15.1 Å². The highest BCUT2D eigenvalue weighted by atomic mass is 19.4. The lowest BCUT2D eigenvalue weighted by Gasteiger charge is -2.36. The predicted octanol–water partition coefficient (Wildman–Crippen LogP) is 4.32. The van der Waals surface area contributed by atoms with E-state index < -0.39 is 35.3 Å². The summed E-state index contributed by atoms with van der Waals surface area (Å²) in [5.41, 5.74) is -0.490. The van der Waals surface area contributed by atoms with E-state index in [0.29, 0.717) is 31.0 Å². The van der Waals surface area contributed by atoms with Gasteiger partial charge in [-0.1, -0.05) is 42.5 Å². The number of aromatic nitrogens is 3.